The van der Waals surface area contributed by atoms with Crippen LogP contribution >= 0.6 is 12.6 Å². The zero-order valence-electron chi connectivity index (χ0n) is 39.4. The molecule has 4 rings (SSSR count). The first kappa shape index (κ1) is 55.6. The van der Waals surface area contributed by atoms with Gasteiger partial charge < -0.3 is 82.0 Å². The first-order valence-corrected chi connectivity index (χ1v) is 23.4. The van der Waals surface area contributed by atoms with Gasteiger partial charge in [0.2, 0.25) is 41.4 Å². The molecule has 4 aromatic rings. The lowest BCUT2D eigenvalue weighted by Gasteiger charge is -2.27. The third-order valence-corrected chi connectivity index (χ3v) is 11.5. The average molecular weight is 1000 g/mol. The highest BCUT2D eigenvalue weighted by Crippen LogP contribution is 2.21. The first-order chi connectivity index (χ1) is 33.9. The highest BCUT2D eigenvalue weighted by Gasteiger charge is 2.34. The van der Waals surface area contributed by atoms with Gasteiger partial charge in [-0.25, -0.2) is 0 Å². The predicted octanol–water partition coefficient (Wildman–Crippen LogP) is -3.06. The summed E-state index contributed by atoms with van der Waals surface area (Å²) in [6.07, 6.45) is 4.17. The number of nitrogens with zero attached hydrogens (tertiary/aromatic N) is 3. The van der Waals surface area contributed by atoms with Crippen molar-refractivity contribution in [1.82, 2.24) is 41.9 Å². The van der Waals surface area contributed by atoms with Gasteiger partial charge in [0.1, 0.15) is 36.3 Å². The van der Waals surface area contributed by atoms with Crippen molar-refractivity contribution < 1.29 is 33.6 Å². The van der Waals surface area contributed by atoms with Gasteiger partial charge in [0.15, 0.2) is 17.9 Å². The lowest BCUT2D eigenvalue weighted by molar-refractivity contribution is -0.135. The van der Waals surface area contributed by atoms with Crippen molar-refractivity contribution in [3.05, 3.63) is 72.1 Å². The van der Waals surface area contributed by atoms with E-state index in [-0.39, 0.29) is 81.8 Å². The Bertz CT molecular complexity index is 2570. The Morgan fingerprint density at radius 3 is 1.23 bits per heavy atom. The maximum Gasteiger partial charge on any atom is 0.244 e. The number of para-hydroxylation sites is 2. The summed E-state index contributed by atoms with van der Waals surface area (Å²) in [7, 11) is 0. The number of thiol groups is 1. The smallest absolute Gasteiger partial charge is 0.244 e. The number of amides is 7. The van der Waals surface area contributed by atoms with Gasteiger partial charge in [-0.2, -0.15) is 12.6 Å². The number of aromatic amines is 2. The summed E-state index contributed by atoms with van der Waals surface area (Å²) in [6.45, 7) is 1.66. The minimum Gasteiger partial charge on any atom is -0.370 e. The summed E-state index contributed by atoms with van der Waals surface area (Å²) < 4.78 is 0. The van der Waals surface area contributed by atoms with E-state index in [9.17, 15) is 33.6 Å². The number of fused-ring (bicyclic) bond motifs is 2. The summed E-state index contributed by atoms with van der Waals surface area (Å²) in [5.74, 6) is -5.89. The number of aromatic nitrogens is 2. The molecule has 0 aliphatic carbocycles. The van der Waals surface area contributed by atoms with Crippen LogP contribution in [-0.4, -0.2) is 131 Å². The molecule has 2 heterocycles. The number of primary amides is 1. The van der Waals surface area contributed by atoms with Crippen molar-refractivity contribution in [3.63, 3.8) is 0 Å². The molecule has 2 aromatic carbocycles. The minimum absolute atomic E-state index is 0.0117. The number of H-pyrrole nitrogens is 2. The second-order valence-corrected chi connectivity index (χ2v) is 17.0. The lowest BCUT2D eigenvalue weighted by atomic mass is 10.0. The molecule has 0 aliphatic rings. The van der Waals surface area contributed by atoms with Gasteiger partial charge in [-0.1, -0.05) is 36.4 Å². The maximum absolute atomic E-state index is 14.8. The van der Waals surface area contributed by atoms with Gasteiger partial charge in [0.05, 0.1) is 0 Å². The predicted molar refractivity (Wildman–Crippen MR) is 274 cm³/mol. The number of guanidine groups is 3. The highest BCUT2D eigenvalue weighted by molar-refractivity contribution is 7.80. The Labute approximate surface area is 415 Å². The Morgan fingerprint density at radius 1 is 0.493 bits per heavy atom. The van der Waals surface area contributed by atoms with Crippen LogP contribution in [-0.2, 0) is 46.4 Å². The fraction of sp³-hybridized carbons (Fsp3) is 0.422. The van der Waals surface area contributed by atoms with E-state index in [1.807, 2.05) is 48.5 Å². The van der Waals surface area contributed by atoms with E-state index < -0.39 is 77.6 Å². The van der Waals surface area contributed by atoms with Crippen molar-refractivity contribution in [2.24, 2.45) is 55.1 Å². The second-order valence-electron chi connectivity index (χ2n) is 16.6. The lowest BCUT2D eigenvalue weighted by Crippen LogP contribution is -2.60. The normalized spacial score (nSPS) is 13.5. The molecule has 0 fully saturated rings. The van der Waals surface area contributed by atoms with Crippen molar-refractivity contribution in [1.29, 1.82) is 0 Å². The molecule has 6 atom stereocenters. The van der Waals surface area contributed by atoms with Gasteiger partial charge in [0, 0.05) is 79.4 Å². The molecule has 384 valence electrons. The first-order valence-electron chi connectivity index (χ1n) is 22.8. The van der Waals surface area contributed by atoms with E-state index in [0.717, 1.165) is 21.8 Å². The van der Waals surface area contributed by atoms with Gasteiger partial charge in [-0.05, 0) is 61.8 Å². The number of carbonyl (C=O) groups excluding carboxylic acids is 7. The van der Waals surface area contributed by atoms with Gasteiger partial charge in [0.25, 0.3) is 0 Å². The monoisotopic (exact) mass is 1000 g/mol. The number of rotatable bonds is 29. The topological polar surface area (TPSA) is 442 Å². The molecule has 0 aliphatic heterocycles. The van der Waals surface area contributed by atoms with Gasteiger partial charge >= 0.3 is 0 Å². The van der Waals surface area contributed by atoms with Crippen LogP contribution in [0.1, 0.15) is 56.6 Å². The number of carbonyl (C=O) groups is 7. The Kier molecular flexibility index (Phi) is 21.8. The van der Waals surface area contributed by atoms with Crippen LogP contribution in [0.2, 0.25) is 0 Å². The van der Waals surface area contributed by atoms with Crippen molar-refractivity contribution in [2.45, 2.75) is 94.5 Å². The SMILES string of the molecule is CC(=O)NC(CCCN=C(N)N)C(=O)NC(CCCN=C(N)N)C(=O)NC(Cc1c[nH]c2ccccc12)C(=O)NC(Cc1c[nH]c2ccccc12)C(=O)NC(CS)C(=O)NC(CCCN=C(N)N)C(N)=O. The van der Waals surface area contributed by atoms with Crippen LogP contribution in [0.25, 0.3) is 21.8 Å². The standard InChI is InChI=1S/C45H66N18O7S/c1-24(64)58-32(14-7-17-54-44(49)50)38(66)60-33(15-8-18-55-45(51)52)39(67)61-34(19-25-21-56-29-11-4-2-9-27(25)29)40(68)62-35(20-26-22-57-30-12-5-3-10-28(26)30)41(69)63-36(23-71)42(70)59-31(37(46)65)13-6-16-53-43(47)48/h2-5,9-12,21-22,31-36,56-57,71H,6-8,13-20,23H2,1H3,(H2,46,65)(H,58,64)(H,59,70)(H,60,66)(H,61,67)(H,62,68)(H,63,69)(H4,47,48,53)(H4,49,50,54)(H4,51,52,55). The molecule has 2 aromatic heterocycles. The summed E-state index contributed by atoms with van der Waals surface area (Å²) >= 11 is 4.31. The number of hydrogen-bond donors (Lipinski definition) is 16. The molecule has 7 amide bonds. The van der Waals surface area contributed by atoms with E-state index in [1.165, 1.54) is 6.92 Å². The zero-order valence-corrected chi connectivity index (χ0v) is 40.3. The minimum atomic E-state index is -1.39. The molecule has 25 nitrogen and oxygen atoms in total. The van der Waals surface area contributed by atoms with Crippen molar-refractivity contribution >= 4 is 93.7 Å². The maximum atomic E-state index is 14.8. The molecule has 71 heavy (non-hydrogen) atoms. The number of nitrogens with one attached hydrogen (secondary N) is 8. The molecule has 0 bridgehead atoms. The van der Waals surface area contributed by atoms with Gasteiger partial charge in [-0.15, -0.1) is 0 Å². The van der Waals surface area contributed by atoms with Crippen molar-refractivity contribution in [2.75, 3.05) is 25.4 Å². The quantitative estimate of drug-likeness (QED) is 0.0111. The van der Waals surface area contributed by atoms with E-state index in [1.54, 1.807) is 12.4 Å². The van der Waals surface area contributed by atoms with Crippen LogP contribution in [0, 0.1) is 0 Å². The second kappa shape index (κ2) is 27.8. The third kappa shape index (κ3) is 18.1. The Balaban J connectivity index is 1.68. The molecule has 0 radical (unpaired) electrons. The van der Waals surface area contributed by atoms with E-state index >= 15 is 0 Å². The summed E-state index contributed by atoms with van der Waals surface area (Å²) in [5, 5.41) is 17.6. The van der Waals surface area contributed by atoms with E-state index in [2.05, 4.69) is 69.5 Å². The van der Waals surface area contributed by atoms with Gasteiger partial charge in [-0.3, -0.25) is 48.5 Å². The molecule has 0 saturated carbocycles. The van der Waals surface area contributed by atoms with Crippen molar-refractivity contribution in [3.8, 4) is 0 Å². The van der Waals surface area contributed by atoms with Crippen LogP contribution in [0.4, 0.5) is 0 Å². The number of nitrogens with two attached hydrogens (primary N) is 7. The molecule has 0 saturated heterocycles. The number of benzene rings is 2. The third-order valence-electron chi connectivity index (χ3n) is 11.1. The number of hydrogen-bond acceptors (Lipinski definition) is 11. The van der Waals surface area contributed by atoms with Crippen LogP contribution in [0.3, 0.4) is 0 Å². The number of aliphatic imine (C=N–C) groups is 3. The zero-order chi connectivity index (χ0) is 52.0. The van der Waals surface area contributed by atoms with Crippen LogP contribution in [0.5, 0.6) is 0 Å². The molecular weight excluding hydrogens is 937 g/mol. The Morgan fingerprint density at radius 2 is 0.831 bits per heavy atom. The van der Waals surface area contributed by atoms with Crippen LogP contribution < -0.4 is 72.0 Å². The molecule has 22 N–H and O–H groups in total. The molecule has 26 heteroatoms. The molecular formula is C45H66N18O7S. The molecule has 0 spiro atoms. The van der Waals surface area contributed by atoms with E-state index in [0.29, 0.717) is 24.0 Å². The molecule has 6 unspecified atom stereocenters. The average Bonchev–Trinajstić information content (AvgIpc) is 3.93. The highest BCUT2D eigenvalue weighted by atomic mass is 32.1. The summed E-state index contributed by atoms with van der Waals surface area (Å²) in [4.78, 5) is 114. The largest absolute Gasteiger partial charge is 0.370 e. The fourth-order valence-electron chi connectivity index (χ4n) is 7.59. The summed E-state index contributed by atoms with van der Waals surface area (Å²) in [5.41, 5.74) is 41.1. The summed E-state index contributed by atoms with van der Waals surface area (Å²) in [6, 6.07) is 7.02. The Hall–Kier alpha value is -8.03. The van der Waals surface area contributed by atoms with E-state index in [4.69, 9.17) is 40.1 Å². The van der Waals surface area contributed by atoms with Crippen LogP contribution in [0.15, 0.2) is 75.9 Å². The fourth-order valence-corrected chi connectivity index (χ4v) is 7.85.